The number of carbonyl (C=O) groups is 1. The van der Waals surface area contributed by atoms with Gasteiger partial charge in [0.25, 0.3) is 0 Å². The number of Topliss-reactive ketones (excluding diaryl/α,β-unsaturated/α-hetero) is 1. The summed E-state index contributed by atoms with van der Waals surface area (Å²) in [5.74, 6) is 1.89. The summed E-state index contributed by atoms with van der Waals surface area (Å²) in [4.78, 5) is 12.5. The van der Waals surface area contributed by atoms with Crippen molar-refractivity contribution in [2.45, 2.75) is 41.0 Å². The first-order valence-electron chi connectivity index (χ1n) is 7.24. The van der Waals surface area contributed by atoms with E-state index in [9.17, 15) is 4.79 Å². The van der Waals surface area contributed by atoms with E-state index in [4.69, 9.17) is 4.74 Å². The van der Waals surface area contributed by atoms with E-state index in [1.165, 1.54) is 0 Å². The molecule has 0 saturated carbocycles. The van der Waals surface area contributed by atoms with E-state index in [2.05, 4.69) is 34.6 Å². The van der Waals surface area contributed by atoms with Gasteiger partial charge in [-0.3, -0.25) is 4.79 Å². The Labute approximate surface area is 117 Å². The molecule has 0 heterocycles. The molecule has 0 saturated heterocycles. The lowest BCUT2D eigenvalue weighted by molar-refractivity contribution is 0.0839. The van der Waals surface area contributed by atoms with Gasteiger partial charge in [-0.1, -0.05) is 34.6 Å². The van der Waals surface area contributed by atoms with E-state index in [0.717, 1.165) is 17.7 Å². The minimum Gasteiger partial charge on any atom is -0.494 e. The molecule has 1 aromatic carbocycles. The van der Waals surface area contributed by atoms with Gasteiger partial charge < -0.3 is 4.74 Å². The van der Waals surface area contributed by atoms with E-state index < -0.39 is 0 Å². The van der Waals surface area contributed by atoms with E-state index >= 15 is 0 Å². The molecule has 0 amide bonds. The third-order valence-corrected chi connectivity index (χ3v) is 3.35. The van der Waals surface area contributed by atoms with Crippen molar-refractivity contribution in [1.82, 2.24) is 0 Å². The Morgan fingerprint density at radius 2 is 1.58 bits per heavy atom. The first kappa shape index (κ1) is 15.7. The number of hydrogen-bond acceptors (Lipinski definition) is 2. The fraction of sp³-hybridized carbons (Fsp3) is 0.588. The van der Waals surface area contributed by atoms with Crippen LogP contribution in [0.3, 0.4) is 0 Å². The molecule has 0 spiro atoms. The van der Waals surface area contributed by atoms with Crippen LogP contribution in [0, 0.1) is 17.8 Å². The van der Waals surface area contributed by atoms with Crippen molar-refractivity contribution in [2.24, 2.45) is 17.8 Å². The third-order valence-electron chi connectivity index (χ3n) is 3.35. The summed E-state index contributed by atoms with van der Waals surface area (Å²) in [6.45, 7) is 11.2. The highest BCUT2D eigenvalue weighted by Crippen LogP contribution is 2.25. The summed E-state index contributed by atoms with van der Waals surface area (Å²) in [5.41, 5.74) is 0.788. The van der Waals surface area contributed by atoms with Crippen LogP contribution in [-0.2, 0) is 0 Å². The smallest absolute Gasteiger partial charge is 0.166 e. The number of carbonyl (C=O) groups excluding carboxylic acids is 1. The minimum atomic E-state index is 0.0856. The SMILES string of the molecule is CCCOc1ccc(C(=O)C(C(C)C)C(C)C)cc1. The lowest BCUT2D eigenvalue weighted by atomic mass is 9.80. The molecule has 0 N–H and O–H groups in total. The molecule has 0 bridgehead atoms. The van der Waals surface area contributed by atoms with Crippen LogP contribution < -0.4 is 4.74 Å². The van der Waals surface area contributed by atoms with Crippen molar-refractivity contribution in [1.29, 1.82) is 0 Å². The van der Waals surface area contributed by atoms with E-state index in [1.807, 2.05) is 24.3 Å². The van der Waals surface area contributed by atoms with E-state index in [0.29, 0.717) is 18.4 Å². The highest BCUT2D eigenvalue weighted by Gasteiger charge is 2.26. The van der Waals surface area contributed by atoms with Crippen LogP contribution in [0.1, 0.15) is 51.4 Å². The summed E-state index contributed by atoms with van der Waals surface area (Å²) in [6.07, 6.45) is 0.990. The van der Waals surface area contributed by atoms with Gasteiger partial charge in [-0.2, -0.15) is 0 Å². The van der Waals surface area contributed by atoms with Crippen molar-refractivity contribution in [3.8, 4) is 5.75 Å². The largest absolute Gasteiger partial charge is 0.494 e. The summed E-state index contributed by atoms with van der Waals surface area (Å²) >= 11 is 0. The molecule has 1 rings (SSSR count). The fourth-order valence-corrected chi connectivity index (χ4v) is 2.50. The second-order valence-corrected chi connectivity index (χ2v) is 5.75. The van der Waals surface area contributed by atoms with Crippen LogP contribution in [-0.4, -0.2) is 12.4 Å². The Bertz CT molecular complexity index is 382. The highest BCUT2D eigenvalue weighted by molar-refractivity contribution is 5.98. The van der Waals surface area contributed by atoms with Crippen LogP contribution in [0.2, 0.25) is 0 Å². The Kier molecular flexibility index (Phi) is 6.07. The maximum Gasteiger partial charge on any atom is 0.166 e. The van der Waals surface area contributed by atoms with E-state index in [1.54, 1.807) is 0 Å². The average molecular weight is 262 g/mol. The quantitative estimate of drug-likeness (QED) is 0.672. The minimum absolute atomic E-state index is 0.0856. The molecule has 2 nitrogen and oxygen atoms in total. The molecule has 2 heteroatoms. The Balaban J connectivity index is 2.82. The molecule has 19 heavy (non-hydrogen) atoms. The third kappa shape index (κ3) is 4.38. The van der Waals surface area contributed by atoms with Crippen molar-refractivity contribution in [3.63, 3.8) is 0 Å². The van der Waals surface area contributed by atoms with Gasteiger partial charge in [0, 0.05) is 11.5 Å². The standard InChI is InChI=1S/C17H26O2/c1-6-11-19-15-9-7-14(8-10-15)17(18)16(12(2)3)13(4)5/h7-10,12-13,16H,6,11H2,1-5H3. The first-order chi connectivity index (χ1) is 8.97. The molecular formula is C17H26O2. The Morgan fingerprint density at radius 3 is 2.00 bits per heavy atom. The second kappa shape index (κ2) is 7.32. The summed E-state index contributed by atoms with van der Waals surface area (Å²) in [5, 5.41) is 0. The topological polar surface area (TPSA) is 26.3 Å². The van der Waals surface area contributed by atoms with Gasteiger partial charge in [-0.15, -0.1) is 0 Å². The predicted molar refractivity (Wildman–Crippen MR) is 79.7 cm³/mol. The summed E-state index contributed by atoms with van der Waals surface area (Å²) < 4.78 is 5.53. The average Bonchev–Trinajstić information content (AvgIpc) is 2.36. The van der Waals surface area contributed by atoms with E-state index in [-0.39, 0.29) is 11.7 Å². The zero-order valence-electron chi connectivity index (χ0n) is 12.8. The van der Waals surface area contributed by atoms with Gasteiger partial charge >= 0.3 is 0 Å². The molecule has 0 aliphatic heterocycles. The lowest BCUT2D eigenvalue weighted by Gasteiger charge is -2.23. The molecule has 0 aliphatic rings. The zero-order valence-corrected chi connectivity index (χ0v) is 12.8. The van der Waals surface area contributed by atoms with Crippen molar-refractivity contribution >= 4 is 5.78 Å². The number of benzene rings is 1. The van der Waals surface area contributed by atoms with Crippen LogP contribution in [0.4, 0.5) is 0 Å². The predicted octanol–water partition coefficient (Wildman–Crippen LogP) is 4.59. The second-order valence-electron chi connectivity index (χ2n) is 5.75. The maximum atomic E-state index is 12.5. The molecular weight excluding hydrogens is 236 g/mol. The molecule has 0 radical (unpaired) electrons. The molecule has 106 valence electrons. The normalized spacial score (nSPS) is 11.4. The van der Waals surface area contributed by atoms with Gasteiger partial charge in [0.15, 0.2) is 5.78 Å². The molecule has 1 aromatic rings. The van der Waals surface area contributed by atoms with Gasteiger partial charge in [0.1, 0.15) is 5.75 Å². The van der Waals surface area contributed by atoms with Crippen molar-refractivity contribution in [2.75, 3.05) is 6.61 Å². The molecule has 0 aromatic heterocycles. The van der Waals surface area contributed by atoms with Crippen LogP contribution in [0.15, 0.2) is 24.3 Å². The molecule has 0 fully saturated rings. The van der Waals surface area contributed by atoms with Crippen molar-refractivity contribution in [3.05, 3.63) is 29.8 Å². The summed E-state index contributed by atoms with van der Waals surface area (Å²) in [7, 11) is 0. The van der Waals surface area contributed by atoms with Gasteiger partial charge in [-0.05, 0) is 42.5 Å². The zero-order chi connectivity index (χ0) is 14.4. The monoisotopic (exact) mass is 262 g/mol. The fourth-order valence-electron chi connectivity index (χ4n) is 2.50. The number of ketones is 1. The lowest BCUT2D eigenvalue weighted by Crippen LogP contribution is -2.25. The van der Waals surface area contributed by atoms with Crippen molar-refractivity contribution < 1.29 is 9.53 Å². The van der Waals surface area contributed by atoms with Gasteiger partial charge in [0.2, 0.25) is 0 Å². The number of rotatable bonds is 7. The number of ether oxygens (including phenoxy) is 1. The molecule has 0 unspecified atom stereocenters. The van der Waals surface area contributed by atoms with Crippen LogP contribution in [0.5, 0.6) is 5.75 Å². The summed E-state index contributed by atoms with van der Waals surface area (Å²) in [6, 6.07) is 7.54. The molecule has 0 atom stereocenters. The van der Waals surface area contributed by atoms with Crippen LogP contribution in [0.25, 0.3) is 0 Å². The van der Waals surface area contributed by atoms with Gasteiger partial charge in [-0.25, -0.2) is 0 Å². The Hall–Kier alpha value is -1.31. The Morgan fingerprint density at radius 1 is 1.05 bits per heavy atom. The maximum absolute atomic E-state index is 12.5. The number of hydrogen-bond donors (Lipinski definition) is 0. The van der Waals surface area contributed by atoms with Gasteiger partial charge in [0.05, 0.1) is 6.61 Å². The highest BCUT2D eigenvalue weighted by atomic mass is 16.5. The molecule has 0 aliphatic carbocycles. The first-order valence-corrected chi connectivity index (χ1v) is 7.24. The van der Waals surface area contributed by atoms with Crippen LogP contribution >= 0.6 is 0 Å².